The maximum absolute atomic E-state index is 14.9. The highest BCUT2D eigenvalue weighted by atomic mass is 32.2. The molecule has 1 aromatic heterocycles. The lowest BCUT2D eigenvalue weighted by molar-refractivity contribution is -0.144. The number of sulfonamides is 1. The van der Waals surface area contributed by atoms with Crippen LogP contribution in [0.2, 0.25) is 0 Å². The Morgan fingerprint density at radius 2 is 1.70 bits per heavy atom. The van der Waals surface area contributed by atoms with Crippen molar-refractivity contribution in [2.45, 2.75) is 83.1 Å². The predicted molar refractivity (Wildman–Crippen MR) is 210 cm³/mol. The molecule has 0 spiro atoms. The van der Waals surface area contributed by atoms with Crippen LogP contribution in [0.15, 0.2) is 66.3 Å². The number of hydrogen-bond donors (Lipinski definition) is 4. The van der Waals surface area contributed by atoms with Gasteiger partial charge >= 0.3 is 6.03 Å². The van der Waals surface area contributed by atoms with Crippen LogP contribution in [0.25, 0.3) is 0 Å². The summed E-state index contributed by atoms with van der Waals surface area (Å²) in [7, 11) is -2.56. The number of rotatable bonds is 15. The molecule has 1 saturated carbocycles. The van der Waals surface area contributed by atoms with E-state index in [1.807, 2.05) is 58.9 Å². The fraction of sp³-hybridized carbons (Fsp3) is 0.512. The molecule has 0 radical (unpaired) electrons. The molecule has 1 unspecified atom stereocenters. The van der Waals surface area contributed by atoms with Crippen molar-refractivity contribution in [3.63, 3.8) is 0 Å². The van der Waals surface area contributed by atoms with Gasteiger partial charge in [0.05, 0.1) is 0 Å². The van der Waals surface area contributed by atoms with Gasteiger partial charge in [-0.1, -0.05) is 71.0 Å². The zero-order chi connectivity index (χ0) is 41.2. The molecule has 14 nitrogen and oxygen atoms in total. The van der Waals surface area contributed by atoms with Gasteiger partial charge in [0.2, 0.25) is 17.6 Å². The van der Waals surface area contributed by atoms with Gasteiger partial charge in [0.15, 0.2) is 5.03 Å². The predicted octanol–water partition coefficient (Wildman–Crippen LogP) is 2.06. The number of aromatic nitrogens is 1. The average molecular weight is 788 g/mol. The Kier molecular flexibility index (Phi) is 12.5. The summed E-state index contributed by atoms with van der Waals surface area (Å²) in [5.74, 6) is -1.14. The molecule has 1 aliphatic heterocycles. The second kappa shape index (κ2) is 16.6. The van der Waals surface area contributed by atoms with E-state index in [1.165, 1.54) is 30.3 Å². The molecule has 4 N–H and O–H groups in total. The number of likely N-dealkylation sites (N-methyl/N-ethyl adjacent to an activating group) is 1. The zero-order valence-electron chi connectivity index (χ0n) is 32.9. The Morgan fingerprint density at radius 1 is 1.05 bits per heavy atom. The van der Waals surface area contributed by atoms with Crippen molar-refractivity contribution < 1.29 is 32.4 Å². The van der Waals surface area contributed by atoms with Gasteiger partial charge in [-0.15, -0.1) is 18.9 Å². The Morgan fingerprint density at radius 3 is 2.27 bits per heavy atom. The molecule has 5 rings (SSSR count). The van der Waals surface area contributed by atoms with Crippen LogP contribution in [0.1, 0.15) is 52.2 Å². The number of benzene rings is 1. The van der Waals surface area contributed by atoms with Crippen LogP contribution in [0.4, 0.5) is 4.79 Å². The van der Waals surface area contributed by atoms with Crippen LogP contribution in [0.5, 0.6) is 0 Å². The summed E-state index contributed by atoms with van der Waals surface area (Å²) in [6, 6.07) is 7.68. The third-order valence-corrected chi connectivity index (χ3v) is 13.3. The lowest BCUT2D eigenvalue weighted by atomic mass is 9.86. The minimum Gasteiger partial charge on any atom is -0.346 e. The first kappa shape index (κ1) is 42.1. The first-order chi connectivity index (χ1) is 26.3. The van der Waals surface area contributed by atoms with E-state index in [4.69, 9.17) is 6.42 Å². The first-order valence-electron chi connectivity index (χ1n) is 18.8. The number of piperidine rings is 1. The fourth-order valence-electron chi connectivity index (χ4n) is 8.09. The number of hydrogen-bond acceptors (Lipinski definition) is 8. The van der Waals surface area contributed by atoms with Crippen molar-refractivity contribution in [2.75, 3.05) is 26.7 Å². The molecule has 2 fully saturated rings. The molecule has 6 atom stereocenters. The second-order valence-electron chi connectivity index (χ2n) is 16.6. The maximum atomic E-state index is 14.9. The van der Waals surface area contributed by atoms with Crippen molar-refractivity contribution in [2.24, 2.45) is 28.6 Å². The molecule has 1 saturated heterocycles. The molecular formula is C41H53N7O7S. The van der Waals surface area contributed by atoms with Crippen LogP contribution < -0.4 is 21.3 Å². The fourth-order valence-corrected chi connectivity index (χ4v) is 9.20. The Hall–Kier alpha value is -5.07. The van der Waals surface area contributed by atoms with Gasteiger partial charge in [-0.2, -0.15) is 4.31 Å². The monoisotopic (exact) mass is 787 g/mol. The van der Waals surface area contributed by atoms with E-state index in [2.05, 4.69) is 38.8 Å². The van der Waals surface area contributed by atoms with Gasteiger partial charge in [-0.3, -0.25) is 19.2 Å². The molecular weight excluding hydrogens is 735 g/mol. The van der Waals surface area contributed by atoms with E-state index in [0.29, 0.717) is 12.8 Å². The molecule has 56 heavy (non-hydrogen) atoms. The quantitative estimate of drug-likeness (QED) is 0.120. The Balaban J connectivity index is 1.40. The van der Waals surface area contributed by atoms with Gasteiger partial charge in [0, 0.05) is 45.3 Å². The molecule has 2 aromatic rings. The topological polar surface area (TPSA) is 187 Å². The van der Waals surface area contributed by atoms with Crippen LogP contribution in [-0.2, 0) is 42.0 Å². The molecule has 0 bridgehead atoms. The summed E-state index contributed by atoms with van der Waals surface area (Å²) in [4.78, 5) is 74.2. The standard InChI is InChI=1S/C41H53N7O7S/c1-9-15-29(35(49)37(51)43-19-10-2)44-36(50)34-32-28(41(32,6)7)23-48(34)38(52)33(27-21-25-16-11-12-17-26(25)22-27)46-39(53)45-30(40(3,4)5)24-47(8)56(54,55)31-18-13-14-20-42-31/h1,10-14,16-18,20,27-30,32-34H,2,15,19,21-24H2,3-8H3,(H,43,51)(H,44,50)(H2,45,46,53)/t28-,29?,30+,32-,33-,34-/m0/s1. The van der Waals surface area contributed by atoms with Crippen LogP contribution in [0, 0.1) is 40.9 Å². The van der Waals surface area contributed by atoms with Gasteiger partial charge in [0.1, 0.15) is 18.1 Å². The Bertz CT molecular complexity index is 1980. The molecule has 15 heteroatoms. The highest BCUT2D eigenvalue weighted by Crippen LogP contribution is 2.65. The number of urea groups is 1. The average Bonchev–Trinajstić information content (AvgIpc) is 3.50. The molecule has 300 valence electrons. The van der Waals surface area contributed by atoms with Crippen molar-refractivity contribution in [3.05, 3.63) is 72.4 Å². The van der Waals surface area contributed by atoms with E-state index >= 15 is 0 Å². The number of likely N-dealkylation sites (tertiary alicyclic amines) is 1. The number of Topliss-reactive ketones (excluding diaryl/α,β-unsaturated/α-hetero) is 1. The van der Waals surface area contributed by atoms with E-state index < -0.39 is 69.1 Å². The number of nitrogens with zero attached hydrogens (tertiary/aromatic N) is 3. The summed E-state index contributed by atoms with van der Waals surface area (Å²) < 4.78 is 27.9. The second-order valence-corrected chi connectivity index (χ2v) is 18.6. The number of ketones is 1. The Labute approximate surface area is 329 Å². The largest absolute Gasteiger partial charge is 0.346 e. The summed E-state index contributed by atoms with van der Waals surface area (Å²) in [5, 5.41) is 10.9. The lowest BCUT2D eigenvalue weighted by Gasteiger charge is -2.37. The van der Waals surface area contributed by atoms with Crippen molar-refractivity contribution in [1.29, 1.82) is 0 Å². The molecule has 2 aliphatic carbocycles. The number of pyridine rings is 1. The van der Waals surface area contributed by atoms with Gasteiger partial charge in [-0.25, -0.2) is 18.2 Å². The molecule has 2 heterocycles. The van der Waals surface area contributed by atoms with Crippen molar-refractivity contribution in [1.82, 2.24) is 35.5 Å². The number of carbonyl (C=O) groups excluding carboxylic acids is 5. The lowest BCUT2D eigenvalue weighted by Crippen LogP contribution is -2.61. The molecule has 5 amide bonds. The SMILES string of the molecule is C#CCC(NC(=O)[C@@H]1[C@@H]2[C@H](CN1C(=O)[C@@H](NC(=O)N[C@H](CN(C)S(=O)(=O)c1ccccn1)C(C)(C)C)C1Cc3ccccc3C1)C2(C)C)C(=O)C(=O)NCC=C. The maximum Gasteiger partial charge on any atom is 0.315 e. The number of nitrogens with one attached hydrogen (secondary N) is 4. The number of carbonyl (C=O) groups is 5. The summed E-state index contributed by atoms with van der Waals surface area (Å²) in [6.07, 6.45) is 9.11. The number of terminal acetylenes is 1. The third-order valence-electron chi connectivity index (χ3n) is 11.6. The summed E-state index contributed by atoms with van der Waals surface area (Å²) in [5.41, 5.74) is 1.21. The summed E-state index contributed by atoms with van der Waals surface area (Å²) >= 11 is 0. The van der Waals surface area contributed by atoms with Crippen LogP contribution in [0.3, 0.4) is 0 Å². The van der Waals surface area contributed by atoms with Crippen molar-refractivity contribution >= 4 is 39.6 Å². The third kappa shape index (κ3) is 8.81. The number of fused-ring (bicyclic) bond motifs is 2. The first-order valence-corrected chi connectivity index (χ1v) is 20.2. The highest BCUT2D eigenvalue weighted by molar-refractivity contribution is 7.89. The zero-order valence-corrected chi connectivity index (χ0v) is 33.7. The van der Waals surface area contributed by atoms with E-state index in [1.54, 1.807) is 12.1 Å². The van der Waals surface area contributed by atoms with Crippen molar-refractivity contribution in [3.8, 4) is 12.3 Å². The van der Waals surface area contributed by atoms with Crippen LogP contribution >= 0.6 is 0 Å². The highest BCUT2D eigenvalue weighted by Gasteiger charge is 2.70. The van der Waals surface area contributed by atoms with E-state index in [9.17, 15) is 32.4 Å². The minimum absolute atomic E-state index is 0.0167. The minimum atomic E-state index is -3.98. The number of amides is 5. The molecule has 3 aliphatic rings. The normalized spacial score (nSPS) is 21.4. The smallest absolute Gasteiger partial charge is 0.315 e. The van der Waals surface area contributed by atoms with Gasteiger partial charge < -0.3 is 26.2 Å². The van der Waals surface area contributed by atoms with E-state index in [-0.39, 0.29) is 54.2 Å². The van der Waals surface area contributed by atoms with Crippen LogP contribution in [-0.4, -0.2) is 103 Å². The van der Waals surface area contributed by atoms with E-state index in [0.717, 1.165) is 15.4 Å². The van der Waals surface area contributed by atoms with Gasteiger partial charge in [-0.05, 0) is 64.7 Å². The summed E-state index contributed by atoms with van der Waals surface area (Å²) in [6.45, 7) is 13.4. The van der Waals surface area contributed by atoms with Gasteiger partial charge in [0.25, 0.3) is 15.9 Å². The molecule has 1 aromatic carbocycles.